The Morgan fingerprint density at radius 3 is 2.82 bits per heavy atom. The summed E-state index contributed by atoms with van der Waals surface area (Å²) < 4.78 is 4.52. The molecule has 0 aromatic heterocycles. The van der Waals surface area contributed by atoms with Gasteiger partial charge in [-0.1, -0.05) is 18.5 Å². The van der Waals surface area contributed by atoms with E-state index in [1.807, 2.05) is 6.92 Å². The van der Waals surface area contributed by atoms with Gasteiger partial charge in [0.25, 0.3) is 5.91 Å². The summed E-state index contributed by atoms with van der Waals surface area (Å²) in [5, 5.41) is 0. The number of carbonyl (C=O) groups is 1. The molecule has 0 heterocycles. The fourth-order valence-electron chi connectivity index (χ4n) is 0.378. The Kier molecular flexibility index (Phi) is 6.21. The van der Waals surface area contributed by atoms with Gasteiger partial charge in [0, 0.05) is 7.11 Å². The van der Waals surface area contributed by atoms with Crippen molar-refractivity contribution < 1.29 is 14.4 Å². The van der Waals surface area contributed by atoms with Crippen molar-refractivity contribution in [1.82, 2.24) is 5.48 Å². The van der Waals surface area contributed by atoms with E-state index in [0.717, 1.165) is 6.42 Å². The quantitative estimate of drug-likeness (QED) is 0.385. The largest absolute Gasteiger partial charge is 0.357 e. The average molecular weight is 182 g/mol. The van der Waals surface area contributed by atoms with E-state index < -0.39 is 11.5 Å². The molecule has 5 heteroatoms. The number of amides is 1. The van der Waals surface area contributed by atoms with Crippen molar-refractivity contribution in [2.45, 2.75) is 18.9 Å². The van der Waals surface area contributed by atoms with E-state index in [4.69, 9.17) is 16.4 Å². The number of hydrogen-bond donors (Lipinski definition) is 1. The van der Waals surface area contributed by atoms with Crippen molar-refractivity contribution in [2.24, 2.45) is 0 Å². The van der Waals surface area contributed by atoms with Gasteiger partial charge in [-0.25, -0.2) is 5.48 Å². The van der Waals surface area contributed by atoms with Crippen LogP contribution in [0.25, 0.3) is 0 Å². The third kappa shape index (κ3) is 5.01. The summed E-state index contributed by atoms with van der Waals surface area (Å²) in [6.07, 6.45) is 0.834. The molecule has 1 amide bonds. The van der Waals surface area contributed by atoms with Crippen LogP contribution in [0.2, 0.25) is 0 Å². The van der Waals surface area contributed by atoms with Gasteiger partial charge >= 0.3 is 0 Å². The predicted molar refractivity (Wildman–Crippen MR) is 41.0 cm³/mol. The van der Waals surface area contributed by atoms with Gasteiger partial charge < -0.3 is 4.74 Å². The number of rotatable bonds is 5. The van der Waals surface area contributed by atoms with E-state index >= 15 is 0 Å². The molecule has 0 bridgehead atoms. The Labute approximate surface area is 70.8 Å². The highest BCUT2D eigenvalue weighted by Crippen LogP contribution is 1.94. The SMILES string of the molecule is CCCONC(=O)C(Cl)OC. The molecule has 66 valence electrons. The van der Waals surface area contributed by atoms with Gasteiger partial charge in [0.1, 0.15) is 0 Å². The van der Waals surface area contributed by atoms with E-state index in [-0.39, 0.29) is 0 Å². The molecule has 0 aliphatic rings. The first kappa shape index (κ1) is 10.7. The van der Waals surface area contributed by atoms with E-state index in [9.17, 15) is 4.79 Å². The molecule has 4 nitrogen and oxygen atoms in total. The molecule has 0 aromatic rings. The molecule has 1 atom stereocenters. The number of alkyl halides is 1. The van der Waals surface area contributed by atoms with Crippen molar-refractivity contribution in [3.05, 3.63) is 0 Å². The smallest absolute Gasteiger partial charge is 0.288 e. The molecule has 0 saturated carbocycles. The summed E-state index contributed by atoms with van der Waals surface area (Å²) >= 11 is 5.38. The lowest BCUT2D eigenvalue weighted by molar-refractivity contribution is -0.139. The zero-order valence-corrected chi connectivity index (χ0v) is 7.35. The van der Waals surface area contributed by atoms with Crippen LogP contribution in [0, 0.1) is 0 Å². The molecule has 11 heavy (non-hydrogen) atoms. The second kappa shape index (κ2) is 6.39. The van der Waals surface area contributed by atoms with Crippen LogP contribution in [-0.4, -0.2) is 25.2 Å². The summed E-state index contributed by atoms with van der Waals surface area (Å²) in [6.45, 7) is 2.40. The number of ether oxygens (including phenoxy) is 1. The van der Waals surface area contributed by atoms with Crippen LogP contribution in [0.3, 0.4) is 0 Å². The van der Waals surface area contributed by atoms with Crippen LogP contribution >= 0.6 is 11.6 Å². The minimum absolute atomic E-state index is 0.471. The molecular weight excluding hydrogens is 170 g/mol. The van der Waals surface area contributed by atoms with E-state index in [2.05, 4.69) is 10.2 Å². The molecule has 0 aromatic carbocycles. The Hall–Kier alpha value is -0.320. The predicted octanol–water partition coefficient (Wildman–Crippen LogP) is 0.655. The van der Waals surface area contributed by atoms with Gasteiger partial charge in [0.05, 0.1) is 6.61 Å². The average Bonchev–Trinajstić information content (AvgIpc) is 2.03. The molecule has 0 radical (unpaired) electrons. The molecule has 0 rings (SSSR count). The summed E-state index contributed by atoms with van der Waals surface area (Å²) in [7, 11) is 1.34. The second-order valence-electron chi connectivity index (χ2n) is 1.87. The highest BCUT2D eigenvalue weighted by Gasteiger charge is 2.12. The number of nitrogens with one attached hydrogen (secondary N) is 1. The lowest BCUT2D eigenvalue weighted by Gasteiger charge is -2.07. The van der Waals surface area contributed by atoms with Crippen LogP contribution in [0.1, 0.15) is 13.3 Å². The van der Waals surface area contributed by atoms with Crippen molar-refractivity contribution in [1.29, 1.82) is 0 Å². The standard InChI is InChI=1S/C6H12ClNO3/c1-3-4-11-8-6(9)5(7)10-2/h5H,3-4H2,1-2H3,(H,8,9). The summed E-state index contributed by atoms with van der Waals surface area (Å²) in [5.74, 6) is -0.484. The van der Waals surface area contributed by atoms with Crippen LogP contribution < -0.4 is 5.48 Å². The van der Waals surface area contributed by atoms with Crippen molar-refractivity contribution >= 4 is 17.5 Å². The first-order chi connectivity index (χ1) is 5.22. The molecule has 1 unspecified atom stereocenters. The maximum Gasteiger partial charge on any atom is 0.288 e. The first-order valence-corrected chi connectivity index (χ1v) is 3.74. The van der Waals surface area contributed by atoms with Crippen LogP contribution in [0.15, 0.2) is 0 Å². The van der Waals surface area contributed by atoms with Crippen LogP contribution in [0.5, 0.6) is 0 Å². The van der Waals surface area contributed by atoms with E-state index in [1.165, 1.54) is 7.11 Å². The van der Waals surface area contributed by atoms with Crippen LogP contribution in [0.4, 0.5) is 0 Å². The number of hydroxylamine groups is 1. The number of halogens is 1. The maximum atomic E-state index is 10.8. The molecule has 1 N–H and O–H groups in total. The lowest BCUT2D eigenvalue weighted by Crippen LogP contribution is -2.32. The van der Waals surface area contributed by atoms with Gasteiger partial charge in [0.2, 0.25) is 5.56 Å². The van der Waals surface area contributed by atoms with Crippen LogP contribution in [-0.2, 0) is 14.4 Å². The Bertz CT molecular complexity index is 120. The third-order valence-corrected chi connectivity index (χ3v) is 1.27. The minimum atomic E-state index is -0.980. The van der Waals surface area contributed by atoms with Crippen molar-refractivity contribution in [3.8, 4) is 0 Å². The second-order valence-corrected chi connectivity index (χ2v) is 2.26. The Morgan fingerprint density at radius 1 is 1.73 bits per heavy atom. The van der Waals surface area contributed by atoms with Crippen molar-refractivity contribution in [2.75, 3.05) is 13.7 Å². The highest BCUT2D eigenvalue weighted by molar-refractivity contribution is 6.29. The van der Waals surface area contributed by atoms with Gasteiger partial charge in [-0.15, -0.1) is 0 Å². The topological polar surface area (TPSA) is 47.6 Å². The monoisotopic (exact) mass is 181 g/mol. The third-order valence-electron chi connectivity index (χ3n) is 0.892. The summed E-state index contributed by atoms with van der Waals surface area (Å²) in [4.78, 5) is 15.5. The number of hydrogen-bond acceptors (Lipinski definition) is 3. The van der Waals surface area contributed by atoms with Gasteiger partial charge in [-0.05, 0) is 6.42 Å². The summed E-state index contributed by atoms with van der Waals surface area (Å²) in [5.41, 5.74) is 1.16. The fourth-order valence-corrected chi connectivity index (χ4v) is 0.422. The van der Waals surface area contributed by atoms with E-state index in [0.29, 0.717) is 6.61 Å². The van der Waals surface area contributed by atoms with Gasteiger partial charge in [-0.3, -0.25) is 9.63 Å². The maximum absolute atomic E-state index is 10.8. The molecular formula is C6H12ClNO3. The molecule has 0 aliphatic carbocycles. The Morgan fingerprint density at radius 2 is 2.36 bits per heavy atom. The zero-order valence-electron chi connectivity index (χ0n) is 6.59. The van der Waals surface area contributed by atoms with E-state index in [1.54, 1.807) is 0 Å². The normalized spacial score (nSPS) is 12.6. The number of carbonyl (C=O) groups excluding carboxylic acids is 1. The fraction of sp³-hybridized carbons (Fsp3) is 0.833. The van der Waals surface area contributed by atoms with Gasteiger partial charge in [-0.2, -0.15) is 0 Å². The Balaban J connectivity index is 3.36. The number of methoxy groups -OCH3 is 1. The molecule has 0 fully saturated rings. The first-order valence-electron chi connectivity index (χ1n) is 3.30. The molecule has 0 saturated heterocycles. The van der Waals surface area contributed by atoms with Crippen molar-refractivity contribution in [3.63, 3.8) is 0 Å². The molecule has 0 aliphatic heterocycles. The molecule has 0 spiro atoms. The zero-order chi connectivity index (χ0) is 8.69. The minimum Gasteiger partial charge on any atom is -0.357 e. The highest BCUT2D eigenvalue weighted by atomic mass is 35.5. The van der Waals surface area contributed by atoms with Gasteiger partial charge in [0.15, 0.2) is 0 Å². The lowest BCUT2D eigenvalue weighted by atomic mass is 10.5. The summed E-state index contributed by atoms with van der Waals surface area (Å²) in [6, 6.07) is 0.